The molecule has 1 fully saturated rings. The molecule has 1 aliphatic carbocycles. The van der Waals surface area contributed by atoms with Crippen LogP contribution in [0.25, 0.3) is 0 Å². The van der Waals surface area contributed by atoms with Crippen LogP contribution in [-0.2, 0) is 17.6 Å². The lowest BCUT2D eigenvalue weighted by molar-refractivity contribution is -0.121. The Morgan fingerprint density at radius 3 is 2.95 bits per heavy atom. The lowest BCUT2D eigenvalue weighted by Gasteiger charge is -2.15. The molecule has 0 unspecified atom stereocenters. The van der Waals surface area contributed by atoms with E-state index in [9.17, 15) is 9.59 Å². The first kappa shape index (κ1) is 14.3. The fraction of sp³-hybridized carbons (Fsp3) is 0.643. The van der Waals surface area contributed by atoms with Crippen LogP contribution >= 0.6 is 11.3 Å². The number of hydrogen-bond donors (Lipinski definition) is 2. The molecule has 1 aliphatic heterocycles. The van der Waals surface area contributed by atoms with Crippen LogP contribution in [0.2, 0.25) is 0 Å². The van der Waals surface area contributed by atoms with Crippen molar-refractivity contribution in [2.24, 2.45) is 17.6 Å². The molecule has 0 aromatic carbocycles. The number of urea groups is 1. The van der Waals surface area contributed by atoms with Gasteiger partial charge < -0.3 is 10.6 Å². The molecule has 21 heavy (non-hydrogen) atoms. The van der Waals surface area contributed by atoms with Crippen LogP contribution in [0.4, 0.5) is 9.93 Å². The number of aryl methyl sites for hydroxylation is 1. The van der Waals surface area contributed by atoms with Gasteiger partial charge in [0.1, 0.15) is 0 Å². The van der Waals surface area contributed by atoms with Crippen molar-refractivity contribution < 1.29 is 9.59 Å². The number of nitrogens with two attached hydrogens (primary N) is 1. The summed E-state index contributed by atoms with van der Waals surface area (Å²) < 4.78 is 0. The highest BCUT2D eigenvalue weighted by Crippen LogP contribution is 2.32. The number of carbonyl (C=O) groups is 2. The third-order valence-electron chi connectivity index (χ3n) is 4.28. The first-order valence-electron chi connectivity index (χ1n) is 7.36. The van der Waals surface area contributed by atoms with Gasteiger partial charge in [-0.25, -0.2) is 9.78 Å². The lowest BCUT2D eigenvalue weighted by atomic mass is 9.93. The second-order valence-corrected chi connectivity index (χ2v) is 7.08. The fourth-order valence-corrected chi connectivity index (χ4v) is 4.10. The Bertz CT molecular complexity index is 571. The quantitative estimate of drug-likeness (QED) is 0.870. The maximum atomic E-state index is 12.2. The minimum Gasteiger partial charge on any atom is -0.369 e. The molecule has 0 spiro atoms. The predicted molar refractivity (Wildman–Crippen MR) is 81.2 cm³/mol. The second kappa shape index (κ2) is 5.63. The number of nitrogens with one attached hydrogen (secondary N) is 1. The van der Waals surface area contributed by atoms with E-state index < -0.39 is 0 Å². The molecule has 3 amide bonds. The Balaban J connectivity index is 1.62. The van der Waals surface area contributed by atoms with E-state index in [-0.39, 0.29) is 17.9 Å². The van der Waals surface area contributed by atoms with Gasteiger partial charge in [0.25, 0.3) is 0 Å². The number of likely N-dealkylation sites (tertiary alicyclic amines) is 1. The standard InChI is InChI=1S/C14H20N4O2S/c1-8-2-3-10-11(6-8)21-13(16-10)17-14(20)18-5-4-9(7-18)12(15)19/h8-9H,2-7H2,1H3,(H2,15,19)(H,16,17,20)/t8-,9-/m1/s1. The van der Waals surface area contributed by atoms with E-state index >= 15 is 0 Å². The van der Waals surface area contributed by atoms with Gasteiger partial charge in [-0.1, -0.05) is 6.92 Å². The van der Waals surface area contributed by atoms with E-state index in [1.807, 2.05) is 0 Å². The fourth-order valence-electron chi connectivity index (χ4n) is 2.94. The maximum absolute atomic E-state index is 12.2. The van der Waals surface area contributed by atoms with Crippen molar-refractivity contribution in [3.63, 3.8) is 0 Å². The zero-order chi connectivity index (χ0) is 15.0. The van der Waals surface area contributed by atoms with Gasteiger partial charge in [-0.2, -0.15) is 0 Å². The number of thiazole rings is 1. The highest BCUT2D eigenvalue weighted by Gasteiger charge is 2.30. The molecule has 2 heterocycles. The summed E-state index contributed by atoms with van der Waals surface area (Å²) in [6.45, 7) is 3.22. The molecule has 1 aromatic heterocycles. The lowest BCUT2D eigenvalue weighted by Crippen LogP contribution is -2.34. The van der Waals surface area contributed by atoms with Gasteiger partial charge in [-0.05, 0) is 31.6 Å². The predicted octanol–water partition coefficient (Wildman–Crippen LogP) is 1.61. The number of anilines is 1. The van der Waals surface area contributed by atoms with Gasteiger partial charge in [-0.3, -0.25) is 10.1 Å². The molecule has 114 valence electrons. The van der Waals surface area contributed by atoms with Gasteiger partial charge >= 0.3 is 6.03 Å². The number of primary amides is 1. The number of hydrogen-bond acceptors (Lipinski definition) is 4. The molecular weight excluding hydrogens is 288 g/mol. The molecule has 0 radical (unpaired) electrons. The van der Waals surface area contributed by atoms with Gasteiger partial charge in [0.05, 0.1) is 11.6 Å². The summed E-state index contributed by atoms with van der Waals surface area (Å²) in [5, 5.41) is 3.53. The van der Waals surface area contributed by atoms with E-state index in [1.54, 1.807) is 16.2 Å². The Labute approximate surface area is 127 Å². The van der Waals surface area contributed by atoms with E-state index in [1.165, 1.54) is 4.88 Å². The first-order valence-corrected chi connectivity index (χ1v) is 8.18. The molecule has 3 rings (SSSR count). The summed E-state index contributed by atoms with van der Waals surface area (Å²) in [6.07, 6.45) is 3.86. The molecule has 2 aliphatic rings. The zero-order valence-electron chi connectivity index (χ0n) is 12.1. The van der Waals surface area contributed by atoms with Gasteiger partial charge in [0, 0.05) is 18.0 Å². The minimum atomic E-state index is -0.330. The van der Waals surface area contributed by atoms with Crippen molar-refractivity contribution in [3.05, 3.63) is 10.6 Å². The van der Waals surface area contributed by atoms with Gasteiger partial charge in [0.15, 0.2) is 5.13 Å². The SMILES string of the molecule is C[C@@H]1CCc2nc(NC(=O)N3CC[C@@H](C(N)=O)C3)sc2C1. The molecular formula is C14H20N4O2S. The number of nitrogens with zero attached hydrogens (tertiary/aromatic N) is 2. The van der Waals surface area contributed by atoms with Crippen LogP contribution in [0.3, 0.4) is 0 Å². The van der Waals surface area contributed by atoms with Gasteiger partial charge in [-0.15, -0.1) is 11.3 Å². The van der Waals surface area contributed by atoms with Crippen molar-refractivity contribution in [1.29, 1.82) is 0 Å². The number of aromatic nitrogens is 1. The molecule has 0 bridgehead atoms. The topological polar surface area (TPSA) is 88.3 Å². The Kier molecular flexibility index (Phi) is 3.84. The number of carbonyl (C=O) groups excluding carboxylic acids is 2. The van der Waals surface area contributed by atoms with Crippen LogP contribution in [-0.4, -0.2) is 34.9 Å². The average Bonchev–Trinajstić information content (AvgIpc) is 3.03. The molecule has 2 atom stereocenters. The van der Waals surface area contributed by atoms with Crippen molar-refractivity contribution in [1.82, 2.24) is 9.88 Å². The molecule has 0 saturated carbocycles. The number of rotatable bonds is 2. The van der Waals surface area contributed by atoms with Crippen molar-refractivity contribution >= 4 is 28.4 Å². The highest BCUT2D eigenvalue weighted by molar-refractivity contribution is 7.15. The Morgan fingerprint density at radius 2 is 2.24 bits per heavy atom. The van der Waals surface area contributed by atoms with E-state index in [2.05, 4.69) is 17.2 Å². The second-order valence-electron chi connectivity index (χ2n) is 6.00. The number of amides is 3. The van der Waals surface area contributed by atoms with Crippen LogP contribution in [0, 0.1) is 11.8 Å². The van der Waals surface area contributed by atoms with Crippen molar-refractivity contribution in [3.8, 4) is 0 Å². The number of fused-ring (bicyclic) bond motifs is 1. The Hall–Kier alpha value is -1.63. The first-order chi connectivity index (χ1) is 10.0. The highest BCUT2D eigenvalue weighted by atomic mass is 32.1. The summed E-state index contributed by atoms with van der Waals surface area (Å²) in [5.74, 6) is 0.140. The Morgan fingerprint density at radius 1 is 1.43 bits per heavy atom. The van der Waals surface area contributed by atoms with E-state index in [0.29, 0.717) is 30.6 Å². The molecule has 1 saturated heterocycles. The van der Waals surface area contributed by atoms with E-state index in [0.717, 1.165) is 25.0 Å². The van der Waals surface area contributed by atoms with Gasteiger partial charge in [0.2, 0.25) is 5.91 Å². The smallest absolute Gasteiger partial charge is 0.323 e. The third-order valence-corrected chi connectivity index (χ3v) is 5.31. The zero-order valence-corrected chi connectivity index (χ0v) is 12.9. The largest absolute Gasteiger partial charge is 0.369 e. The summed E-state index contributed by atoms with van der Waals surface area (Å²) in [5.41, 5.74) is 6.41. The normalized spacial score (nSPS) is 24.7. The van der Waals surface area contributed by atoms with E-state index in [4.69, 9.17) is 5.73 Å². The minimum absolute atomic E-state index is 0.183. The van der Waals surface area contributed by atoms with Crippen molar-refractivity contribution in [2.45, 2.75) is 32.6 Å². The molecule has 1 aromatic rings. The van der Waals surface area contributed by atoms with Crippen LogP contribution in [0.5, 0.6) is 0 Å². The summed E-state index contributed by atoms with van der Waals surface area (Å²) in [4.78, 5) is 30.8. The third kappa shape index (κ3) is 3.02. The maximum Gasteiger partial charge on any atom is 0.323 e. The molecule has 6 nitrogen and oxygen atoms in total. The molecule has 3 N–H and O–H groups in total. The van der Waals surface area contributed by atoms with Crippen LogP contribution in [0.1, 0.15) is 30.3 Å². The monoisotopic (exact) mass is 308 g/mol. The summed E-state index contributed by atoms with van der Waals surface area (Å²) in [6, 6.07) is -0.183. The van der Waals surface area contributed by atoms with Crippen LogP contribution < -0.4 is 11.1 Å². The van der Waals surface area contributed by atoms with Crippen LogP contribution in [0.15, 0.2) is 0 Å². The van der Waals surface area contributed by atoms with Crippen molar-refractivity contribution in [2.75, 3.05) is 18.4 Å². The summed E-state index contributed by atoms with van der Waals surface area (Å²) >= 11 is 1.57. The molecule has 7 heteroatoms. The average molecular weight is 308 g/mol. The summed E-state index contributed by atoms with van der Waals surface area (Å²) in [7, 11) is 0.